The molecule has 3 rings (SSSR count). The average Bonchev–Trinajstić information content (AvgIpc) is 2.73. The van der Waals surface area contributed by atoms with Crippen LogP contribution in [0.3, 0.4) is 0 Å². The van der Waals surface area contributed by atoms with Crippen molar-refractivity contribution in [3.63, 3.8) is 0 Å². The first-order valence-electron chi connectivity index (χ1n) is 10.2. The Bertz CT molecular complexity index is 1010. The van der Waals surface area contributed by atoms with Crippen LogP contribution >= 0.6 is 0 Å². The van der Waals surface area contributed by atoms with Crippen molar-refractivity contribution in [1.82, 2.24) is 14.7 Å². The van der Waals surface area contributed by atoms with E-state index in [9.17, 15) is 20.0 Å². The molecule has 0 radical (unpaired) electrons. The fraction of sp³-hybridized carbons (Fsp3) is 0.375. The van der Waals surface area contributed by atoms with Crippen molar-refractivity contribution in [2.24, 2.45) is 0 Å². The molecule has 0 aromatic heterocycles. The van der Waals surface area contributed by atoms with Gasteiger partial charge in [-0.15, -0.1) is 0 Å². The van der Waals surface area contributed by atoms with E-state index in [1.807, 2.05) is 42.5 Å². The van der Waals surface area contributed by atoms with Crippen LogP contribution in [0.5, 0.6) is 0 Å². The maximum Gasteiger partial charge on any atom is 0.253 e. The molecule has 1 aliphatic rings. The molecule has 0 spiro atoms. The maximum atomic E-state index is 12.7. The summed E-state index contributed by atoms with van der Waals surface area (Å²) in [6.07, 6.45) is 0. The van der Waals surface area contributed by atoms with Crippen LogP contribution in [0.4, 0.5) is 0 Å². The summed E-state index contributed by atoms with van der Waals surface area (Å²) in [6, 6.07) is 16.2. The molecule has 0 aliphatic carbocycles. The van der Waals surface area contributed by atoms with Crippen LogP contribution in [-0.4, -0.2) is 85.0 Å². The number of aliphatic hydroxyl groups is 1. The molecular formula is C24H28N4O3. The Labute approximate surface area is 183 Å². The third-order valence-electron chi connectivity index (χ3n) is 5.62. The lowest BCUT2D eigenvalue weighted by molar-refractivity contribution is -0.147. The summed E-state index contributed by atoms with van der Waals surface area (Å²) in [7, 11) is 7.00. The second-order valence-electron chi connectivity index (χ2n) is 8.26. The first kappa shape index (κ1) is 22.5. The van der Waals surface area contributed by atoms with E-state index in [1.54, 1.807) is 39.2 Å². The predicted molar refractivity (Wildman–Crippen MR) is 118 cm³/mol. The van der Waals surface area contributed by atoms with E-state index in [2.05, 4.69) is 6.07 Å². The Kier molecular flexibility index (Phi) is 6.74. The van der Waals surface area contributed by atoms with Gasteiger partial charge in [0, 0.05) is 25.6 Å². The van der Waals surface area contributed by atoms with E-state index < -0.39 is 12.1 Å². The van der Waals surface area contributed by atoms with Gasteiger partial charge in [-0.05, 0) is 42.9 Å². The van der Waals surface area contributed by atoms with Gasteiger partial charge in [0.15, 0.2) is 0 Å². The van der Waals surface area contributed by atoms with E-state index in [0.29, 0.717) is 5.56 Å². The number of hydrogen-bond acceptors (Lipinski definition) is 5. The quantitative estimate of drug-likeness (QED) is 0.770. The summed E-state index contributed by atoms with van der Waals surface area (Å²) in [5.74, 6) is -0.583. The SMILES string of the molecule is CN(C)CC(=O)N1[C@H](CO)[C@H](c2ccccc2-c2cccc(C(=O)N(C)C)c2)[C@@H]1C#N. The van der Waals surface area contributed by atoms with Gasteiger partial charge in [0.05, 0.1) is 25.3 Å². The average molecular weight is 421 g/mol. The number of likely N-dealkylation sites (tertiary alicyclic amines) is 1. The van der Waals surface area contributed by atoms with E-state index in [-0.39, 0.29) is 30.9 Å². The number of nitrogens with zero attached hydrogens (tertiary/aromatic N) is 4. The summed E-state index contributed by atoms with van der Waals surface area (Å²) < 4.78 is 0. The topological polar surface area (TPSA) is 87.9 Å². The Morgan fingerprint density at radius 1 is 1.10 bits per heavy atom. The van der Waals surface area contributed by atoms with Crippen LogP contribution in [0.15, 0.2) is 48.5 Å². The van der Waals surface area contributed by atoms with E-state index in [4.69, 9.17) is 0 Å². The molecule has 1 fully saturated rings. The first-order chi connectivity index (χ1) is 14.8. The number of benzene rings is 2. The summed E-state index contributed by atoms with van der Waals surface area (Å²) in [5, 5.41) is 19.9. The van der Waals surface area contributed by atoms with Crippen LogP contribution in [0.2, 0.25) is 0 Å². The molecule has 0 unspecified atom stereocenters. The molecule has 7 heteroatoms. The zero-order valence-electron chi connectivity index (χ0n) is 18.3. The first-order valence-corrected chi connectivity index (χ1v) is 10.2. The number of likely N-dealkylation sites (N-methyl/N-ethyl adjacent to an activating group) is 1. The van der Waals surface area contributed by atoms with Gasteiger partial charge in [-0.2, -0.15) is 5.26 Å². The molecule has 2 aromatic carbocycles. The summed E-state index contributed by atoms with van der Waals surface area (Å²) in [4.78, 5) is 29.9. The maximum absolute atomic E-state index is 12.7. The van der Waals surface area contributed by atoms with Crippen LogP contribution in [0.1, 0.15) is 21.8 Å². The largest absolute Gasteiger partial charge is 0.394 e. The second kappa shape index (κ2) is 9.29. The third kappa shape index (κ3) is 4.31. The molecule has 162 valence electrons. The van der Waals surface area contributed by atoms with E-state index in [1.165, 1.54) is 9.80 Å². The molecule has 1 saturated heterocycles. The highest BCUT2D eigenvalue weighted by Gasteiger charge is 2.52. The predicted octanol–water partition coefficient (Wildman–Crippen LogP) is 1.80. The Balaban J connectivity index is 2.01. The zero-order valence-corrected chi connectivity index (χ0v) is 18.3. The Hall–Kier alpha value is -3.21. The van der Waals surface area contributed by atoms with Gasteiger partial charge in [0.2, 0.25) is 5.91 Å². The van der Waals surface area contributed by atoms with Gasteiger partial charge < -0.3 is 19.8 Å². The number of hydrogen-bond donors (Lipinski definition) is 1. The molecule has 2 amide bonds. The smallest absolute Gasteiger partial charge is 0.253 e. The minimum atomic E-state index is -0.655. The summed E-state index contributed by atoms with van der Waals surface area (Å²) >= 11 is 0. The fourth-order valence-corrected chi connectivity index (χ4v) is 4.20. The lowest BCUT2D eigenvalue weighted by atomic mass is 9.73. The van der Waals surface area contributed by atoms with Crippen molar-refractivity contribution in [3.05, 3.63) is 59.7 Å². The van der Waals surface area contributed by atoms with Gasteiger partial charge in [0.25, 0.3) is 5.91 Å². The molecule has 1 aliphatic heterocycles. The lowest BCUT2D eigenvalue weighted by Crippen LogP contribution is -2.66. The van der Waals surface area contributed by atoms with Gasteiger partial charge in [-0.1, -0.05) is 36.4 Å². The molecule has 0 bridgehead atoms. The normalized spacial score (nSPS) is 20.2. The van der Waals surface area contributed by atoms with Crippen molar-refractivity contribution < 1.29 is 14.7 Å². The van der Waals surface area contributed by atoms with Crippen LogP contribution in [0.25, 0.3) is 11.1 Å². The van der Waals surface area contributed by atoms with Gasteiger partial charge >= 0.3 is 0 Å². The van der Waals surface area contributed by atoms with Crippen molar-refractivity contribution in [3.8, 4) is 17.2 Å². The number of nitriles is 1. The van der Waals surface area contributed by atoms with Crippen molar-refractivity contribution in [1.29, 1.82) is 5.26 Å². The molecule has 2 aromatic rings. The summed E-state index contributed by atoms with van der Waals surface area (Å²) in [5.41, 5.74) is 3.20. The Morgan fingerprint density at radius 2 is 1.81 bits per heavy atom. The van der Waals surface area contributed by atoms with Crippen molar-refractivity contribution in [2.45, 2.75) is 18.0 Å². The van der Waals surface area contributed by atoms with Crippen molar-refractivity contribution >= 4 is 11.8 Å². The number of carbonyl (C=O) groups excluding carboxylic acids is 2. The molecule has 3 atom stereocenters. The van der Waals surface area contributed by atoms with Crippen LogP contribution in [0, 0.1) is 11.3 Å². The zero-order chi connectivity index (χ0) is 22.7. The molecule has 31 heavy (non-hydrogen) atoms. The lowest BCUT2D eigenvalue weighted by Gasteiger charge is -2.52. The molecule has 0 saturated carbocycles. The summed E-state index contributed by atoms with van der Waals surface area (Å²) in [6.45, 7) is -0.0484. The van der Waals surface area contributed by atoms with Gasteiger partial charge in [-0.25, -0.2) is 0 Å². The molecule has 1 heterocycles. The van der Waals surface area contributed by atoms with Gasteiger partial charge in [0.1, 0.15) is 6.04 Å². The Morgan fingerprint density at radius 3 is 2.42 bits per heavy atom. The molecule has 7 nitrogen and oxygen atoms in total. The van der Waals surface area contributed by atoms with Crippen molar-refractivity contribution in [2.75, 3.05) is 41.3 Å². The standard InChI is InChI=1S/C24H28N4O3/c1-26(2)14-22(30)28-20(13-25)23(21(28)15-29)19-11-6-5-10-18(19)16-8-7-9-17(12-16)24(31)27(3)4/h5-12,20-21,23,29H,14-15H2,1-4H3/t20-,21+,23+/m0/s1. The minimum Gasteiger partial charge on any atom is -0.394 e. The van der Waals surface area contributed by atoms with E-state index in [0.717, 1.165) is 16.7 Å². The van der Waals surface area contributed by atoms with Crippen LogP contribution < -0.4 is 0 Å². The van der Waals surface area contributed by atoms with Crippen LogP contribution in [-0.2, 0) is 4.79 Å². The minimum absolute atomic E-state index is 0.0911. The van der Waals surface area contributed by atoms with E-state index >= 15 is 0 Å². The molecule has 1 N–H and O–H groups in total. The monoisotopic (exact) mass is 420 g/mol. The highest BCUT2D eigenvalue weighted by atomic mass is 16.3. The second-order valence-corrected chi connectivity index (χ2v) is 8.26. The number of amides is 2. The number of carbonyl (C=O) groups is 2. The highest BCUT2D eigenvalue weighted by Crippen LogP contribution is 2.44. The van der Waals surface area contributed by atoms with Gasteiger partial charge in [-0.3, -0.25) is 9.59 Å². The number of aliphatic hydroxyl groups excluding tert-OH is 1. The number of rotatable bonds is 6. The molecular weight excluding hydrogens is 392 g/mol. The highest BCUT2D eigenvalue weighted by molar-refractivity contribution is 5.95. The third-order valence-corrected chi connectivity index (χ3v) is 5.62. The fourth-order valence-electron chi connectivity index (χ4n) is 4.20.